The average molecular weight is 216 g/mol. The summed E-state index contributed by atoms with van der Waals surface area (Å²) in [6, 6.07) is 7.93. The summed E-state index contributed by atoms with van der Waals surface area (Å²) in [6.07, 6.45) is 3.26. The van der Waals surface area contributed by atoms with Gasteiger partial charge in [0.25, 0.3) is 0 Å². The minimum atomic E-state index is -0.250. The van der Waals surface area contributed by atoms with Gasteiger partial charge in [0.15, 0.2) is 0 Å². The van der Waals surface area contributed by atoms with Gasteiger partial charge in [0.2, 0.25) is 12.3 Å². The molecule has 0 saturated heterocycles. The summed E-state index contributed by atoms with van der Waals surface area (Å²) in [5, 5.41) is 3.25. The quantitative estimate of drug-likeness (QED) is 0.758. The number of aromatic amines is 1. The molecule has 4 heteroatoms. The minimum Gasteiger partial charge on any atom is -0.361 e. The third kappa shape index (κ3) is 2.11. The van der Waals surface area contributed by atoms with Crippen LogP contribution in [0.3, 0.4) is 0 Å². The lowest BCUT2D eigenvalue weighted by Gasteiger charge is -1.98. The van der Waals surface area contributed by atoms with E-state index in [0.29, 0.717) is 19.3 Å². The highest BCUT2D eigenvalue weighted by molar-refractivity contribution is 5.87. The zero-order valence-electron chi connectivity index (χ0n) is 8.69. The second-order valence-corrected chi connectivity index (χ2v) is 3.54. The van der Waals surface area contributed by atoms with Crippen molar-refractivity contribution >= 4 is 23.2 Å². The van der Waals surface area contributed by atoms with E-state index in [-0.39, 0.29) is 5.91 Å². The predicted molar refractivity (Wildman–Crippen MR) is 60.8 cm³/mol. The molecular weight excluding hydrogens is 204 g/mol. The molecule has 1 aromatic heterocycles. The first-order valence-electron chi connectivity index (χ1n) is 5.09. The van der Waals surface area contributed by atoms with Crippen LogP contribution < -0.4 is 5.32 Å². The Hall–Kier alpha value is -2.10. The van der Waals surface area contributed by atoms with Gasteiger partial charge in [-0.25, -0.2) is 0 Å². The first kappa shape index (κ1) is 10.4. The van der Waals surface area contributed by atoms with E-state index in [1.54, 1.807) is 0 Å². The van der Waals surface area contributed by atoms with Crippen LogP contribution in [0.5, 0.6) is 0 Å². The van der Waals surface area contributed by atoms with Crippen LogP contribution in [-0.4, -0.2) is 17.3 Å². The maximum absolute atomic E-state index is 11.1. The minimum absolute atomic E-state index is 0.250. The number of aryl methyl sites for hydroxylation is 1. The molecule has 2 N–H and O–H groups in total. The smallest absolute Gasteiger partial charge is 0.226 e. The first-order chi connectivity index (χ1) is 7.81. The summed E-state index contributed by atoms with van der Waals surface area (Å²) in [4.78, 5) is 24.3. The van der Waals surface area contributed by atoms with Crippen molar-refractivity contribution in [3.05, 3.63) is 36.0 Å². The molecule has 0 unspecified atom stereocenters. The monoisotopic (exact) mass is 216 g/mol. The number of para-hydroxylation sites is 1. The summed E-state index contributed by atoms with van der Waals surface area (Å²) in [6.45, 7) is 0. The van der Waals surface area contributed by atoms with E-state index in [0.717, 1.165) is 16.5 Å². The van der Waals surface area contributed by atoms with Gasteiger partial charge in [-0.1, -0.05) is 18.2 Å². The standard InChI is InChI=1S/C12H12N2O2/c15-8-14-12(16)6-5-9-7-13-11-4-2-1-3-10(9)11/h1-4,7-8,13H,5-6H2,(H,14,15,16). The molecule has 1 heterocycles. The van der Waals surface area contributed by atoms with Crippen LogP contribution in [0.15, 0.2) is 30.5 Å². The molecule has 0 fully saturated rings. The molecule has 0 spiro atoms. The highest BCUT2D eigenvalue weighted by Gasteiger charge is 2.05. The molecule has 0 aliphatic heterocycles. The van der Waals surface area contributed by atoms with E-state index >= 15 is 0 Å². The Labute approximate surface area is 92.7 Å². The van der Waals surface area contributed by atoms with E-state index in [1.807, 2.05) is 30.5 Å². The predicted octanol–water partition coefficient (Wildman–Crippen LogP) is 1.37. The van der Waals surface area contributed by atoms with Crippen LogP contribution in [0, 0.1) is 0 Å². The Morgan fingerprint density at radius 2 is 2.19 bits per heavy atom. The van der Waals surface area contributed by atoms with Gasteiger partial charge in [-0.15, -0.1) is 0 Å². The highest BCUT2D eigenvalue weighted by Crippen LogP contribution is 2.18. The number of amides is 2. The fourth-order valence-corrected chi connectivity index (χ4v) is 1.72. The molecule has 0 atom stereocenters. The molecule has 2 aromatic rings. The third-order valence-corrected chi connectivity index (χ3v) is 2.52. The Morgan fingerprint density at radius 1 is 1.38 bits per heavy atom. The number of carbonyl (C=O) groups is 2. The van der Waals surface area contributed by atoms with Gasteiger partial charge in [0.05, 0.1) is 0 Å². The average Bonchev–Trinajstić information content (AvgIpc) is 2.70. The molecule has 82 valence electrons. The Morgan fingerprint density at radius 3 is 3.00 bits per heavy atom. The maximum Gasteiger partial charge on any atom is 0.226 e. The zero-order chi connectivity index (χ0) is 11.4. The Bertz CT molecular complexity index is 516. The molecule has 1 aromatic carbocycles. The molecule has 0 saturated carbocycles. The molecular formula is C12H12N2O2. The molecule has 2 rings (SSSR count). The lowest BCUT2D eigenvalue weighted by molar-refractivity contribution is -0.125. The number of imide groups is 1. The SMILES string of the molecule is O=CNC(=O)CCc1c[nH]c2ccccc12. The molecule has 0 bridgehead atoms. The first-order valence-corrected chi connectivity index (χ1v) is 5.09. The number of benzene rings is 1. The van der Waals surface area contributed by atoms with Gasteiger partial charge in [-0.05, 0) is 18.1 Å². The summed E-state index contributed by atoms with van der Waals surface area (Å²) in [5.41, 5.74) is 2.16. The van der Waals surface area contributed by atoms with Crippen LogP contribution in [0.25, 0.3) is 10.9 Å². The number of hydrogen-bond acceptors (Lipinski definition) is 2. The van der Waals surface area contributed by atoms with E-state index in [4.69, 9.17) is 0 Å². The molecule has 2 amide bonds. The van der Waals surface area contributed by atoms with Crippen LogP contribution in [0.2, 0.25) is 0 Å². The van der Waals surface area contributed by atoms with Crippen molar-refractivity contribution in [2.45, 2.75) is 12.8 Å². The lowest BCUT2D eigenvalue weighted by Crippen LogP contribution is -2.21. The normalized spacial score (nSPS) is 10.2. The van der Waals surface area contributed by atoms with E-state index < -0.39 is 0 Å². The number of carbonyl (C=O) groups excluding carboxylic acids is 2. The van der Waals surface area contributed by atoms with Crippen LogP contribution >= 0.6 is 0 Å². The Kier molecular flexibility index (Phi) is 3.00. The second-order valence-electron chi connectivity index (χ2n) is 3.54. The van der Waals surface area contributed by atoms with Gasteiger partial charge >= 0.3 is 0 Å². The number of hydrogen-bond donors (Lipinski definition) is 2. The summed E-state index contributed by atoms with van der Waals surface area (Å²) >= 11 is 0. The maximum atomic E-state index is 11.1. The fraction of sp³-hybridized carbons (Fsp3) is 0.167. The second kappa shape index (κ2) is 4.61. The van der Waals surface area contributed by atoms with Crippen molar-refractivity contribution < 1.29 is 9.59 Å². The highest BCUT2D eigenvalue weighted by atomic mass is 16.2. The lowest BCUT2D eigenvalue weighted by atomic mass is 10.1. The van der Waals surface area contributed by atoms with Crippen LogP contribution in [0.4, 0.5) is 0 Å². The number of nitrogens with one attached hydrogen (secondary N) is 2. The number of fused-ring (bicyclic) bond motifs is 1. The van der Waals surface area contributed by atoms with Gasteiger partial charge < -0.3 is 4.98 Å². The van der Waals surface area contributed by atoms with Crippen molar-refractivity contribution in [1.29, 1.82) is 0 Å². The largest absolute Gasteiger partial charge is 0.361 e. The molecule has 0 aliphatic carbocycles. The van der Waals surface area contributed by atoms with Crippen LogP contribution in [0.1, 0.15) is 12.0 Å². The molecule has 0 aliphatic rings. The van der Waals surface area contributed by atoms with Gasteiger partial charge in [0.1, 0.15) is 0 Å². The fourth-order valence-electron chi connectivity index (χ4n) is 1.72. The van der Waals surface area contributed by atoms with Crippen molar-refractivity contribution in [2.24, 2.45) is 0 Å². The van der Waals surface area contributed by atoms with E-state index in [9.17, 15) is 9.59 Å². The molecule has 4 nitrogen and oxygen atoms in total. The summed E-state index contributed by atoms with van der Waals surface area (Å²) in [7, 11) is 0. The number of aromatic nitrogens is 1. The van der Waals surface area contributed by atoms with Crippen molar-refractivity contribution in [3.63, 3.8) is 0 Å². The van der Waals surface area contributed by atoms with Gasteiger partial charge in [-0.3, -0.25) is 14.9 Å². The van der Waals surface area contributed by atoms with Crippen molar-refractivity contribution in [2.75, 3.05) is 0 Å². The molecule has 16 heavy (non-hydrogen) atoms. The topological polar surface area (TPSA) is 62.0 Å². The number of rotatable bonds is 4. The summed E-state index contributed by atoms with van der Waals surface area (Å²) < 4.78 is 0. The Balaban J connectivity index is 2.10. The van der Waals surface area contributed by atoms with Crippen LogP contribution in [-0.2, 0) is 16.0 Å². The van der Waals surface area contributed by atoms with E-state index in [2.05, 4.69) is 10.3 Å². The van der Waals surface area contributed by atoms with Crippen molar-refractivity contribution in [1.82, 2.24) is 10.3 Å². The summed E-state index contributed by atoms with van der Waals surface area (Å²) in [5.74, 6) is -0.250. The van der Waals surface area contributed by atoms with Gasteiger partial charge in [0, 0.05) is 23.5 Å². The van der Waals surface area contributed by atoms with Gasteiger partial charge in [-0.2, -0.15) is 0 Å². The molecule has 0 radical (unpaired) electrons. The number of H-pyrrole nitrogens is 1. The van der Waals surface area contributed by atoms with E-state index in [1.165, 1.54) is 0 Å². The third-order valence-electron chi connectivity index (χ3n) is 2.52. The zero-order valence-corrected chi connectivity index (χ0v) is 8.69. The van der Waals surface area contributed by atoms with Crippen molar-refractivity contribution in [3.8, 4) is 0 Å².